The lowest BCUT2D eigenvalue weighted by Gasteiger charge is -2.39. The molecule has 1 heterocycles. The van der Waals surface area contributed by atoms with E-state index >= 15 is 0 Å². The van der Waals surface area contributed by atoms with Gasteiger partial charge in [0, 0.05) is 30.3 Å². The minimum Gasteiger partial charge on any atom is -0.355 e. The van der Waals surface area contributed by atoms with E-state index in [0.717, 1.165) is 11.3 Å². The monoisotopic (exact) mass is 487 g/mol. The fraction of sp³-hybridized carbons (Fsp3) is 0.679. The van der Waals surface area contributed by atoms with Crippen molar-refractivity contribution in [2.45, 2.75) is 93.1 Å². The van der Waals surface area contributed by atoms with E-state index in [0.29, 0.717) is 38.3 Å². The number of imide groups is 1. The molecule has 1 atom stereocenters. The van der Waals surface area contributed by atoms with Gasteiger partial charge in [0.05, 0.1) is 11.8 Å². The number of likely N-dealkylation sites (tertiary alicyclic amines) is 1. The average Bonchev–Trinajstić information content (AvgIpc) is 2.74. The second-order valence-corrected chi connectivity index (χ2v) is 12.3. The second-order valence-electron chi connectivity index (χ2n) is 12.3. The molecule has 3 amide bonds. The molecule has 1 saturated heterocycles. The molecule has 1 aromatic rings. The fourth-order valence-electron chi connectivity index (χ4n) is 4.72. The molecule has 196 valence electrons. The fourth-order valence-corrected chi connectivity index (χ4v) is 4.72. The standard InChI is InChI=1S/C28H45N3O4/c1-19(2)17-29-24(33)26(4,5)16-20(3)35-30-22-12-10-21(11-13-22)27(6,7)18-28(8,9)25(34)31-15-14-23(31)32/h10-13,19-20,30H,14-18H2,1-9H3,(H,29,33). The third-order valence-corrected chi connectivity index (χ3v) is 6.69. The van der Waals surface area contributed by atoms with Gasteiger partial charge in [0.25, 0.3) is 0 Å². The first-order valence-corrected chi connectivity index (χ1v) is 12.7. The molecule has 1 aromatic carbocycles. The summed E-state index contributed by atoms with van der Waals surface area (Å²) in [5.74, 6) is 0.274. The Morgan fingerprint density at radius 3 is 2.09 bits per heavy atom. The topological polar surface area (TPSA) is 87.7 Å². The molecule has 0 spiro atoms. The van der Waals surface area contributed by atoms with E-state index in [1.165, 1.54) is 4.90 Å². The van der Waals surface area contributed by atoms with Crippen molar-refractivity contribution in [3.8, 4) is 0 Å². The number of carbonyl (C=O) groups excluding carboxylic acids is 3. The lowest BCUT2D eigenvalue weighted by molar-refractivity contribution is -0.158. The van der Waals surface area contributed by atoms with E-state index in [9.17, 15) is 14.4 Å². The van der Waals surface area contributed by atoms with Crippen molar-refractivity contribution >= 4 is 23.4 Å². The van der Waals surface area contributed by atoms with Crippen LogP contribution in [0.1, 0.15) is 87.1 Å². The van der Waals surface area contributed by atoms with Gasteiger partial charge in [-0.15, -0.1) is 0 Å². The van der Waals surface area contributed by atoms with Crippen LogP contribution in [0.4, 0.5) is 5.69 Å². The summed E-state index contributed by atoms with van der Waals surface area (Å²) in [6.07, 6.45) is 1.50. The van der Waals surface area contributed by atoms with Gasteiger partial charge in [0.1, 0.15) is 0 Å². The molecule has 0 saturated carbocycles. The molecule has 1 unspecified atom stereocenters. The highest BCUT2D eigenvalue weighted by molar-refractivity contribution is 6.01. The molecular weight excluding hydrogens is 442 g/mol. The molecule has 2 N–H and O–H groups in total. The van der Waals surface area contributed by atoms with Crippen molar-refractivity contribution in [3.63, 3.8) is 0 Å². The van der Waals surface area contributed by atoms with Crippen LogP contribution in [0.15, 0.2) is 24.3 Å². The number of nitrogens with one attached hydrogen (secondary N) is 2. The summed E-state index contributed by atoms with van der Waals surface area (Å²) in [5, 5.41) is 3.00. The number of hydrogen-bond acceptors (Lipinski definition) is 5. The molecule has 7 heteroatoms. The maximum atomic E-state index is 12.8. The quantitative estimate of drug-likeness (QED) is 0.318. The number of hydrogen-bond donors (Lipinski definition) is 2. The highest BCUT2D eigenvalue weighted by atomic mass is 16.7. The zero-order valence-electron chi connectivity index (χ0n) is 23.1. The SMILES string of the molecule is CC(C)CNC(=O)C(C)(C)CC(C)ONc1ccc(C(C)(C)CC(C)(C)C(=O)N2CCC2=O)cc1. The lowest BCUT2D eigenvalue weighted by atomic mass is 9.70. The van der Waals surface area contributed by atoms with Gasteiger partial charge >= 0.3 is 0 Å². The highest BCUT2D eigenvalue weighted by Crippen LogP contribution is 2.39. The molecule has 7 nitrogen and oxygen atoms in total. The number of carbonyl (C=O) groups is 3. The number of benzene rings is 1. The number of anilines is 1. The van der Waals surface area contributed by atoms with Crippen molar-refractivity contribution < 1.29 is 19.2 Å². The number of nitrogens with zero attached hydrogens (tertiary/aromatic N) is 1. The van der Waals surface area contributed by atoms with E-state index < -0.39 is 10.8 Å². The summed E-state index contributed by atoms with van der Waals surface area (Å²) >= 11 is 0. The number of rotatable bonds is 12. The predicted octanol–water partition coefficient (Wildman–Crippen LogP) is 5.06. The van der Waals surface area contributed by atoms with Gasteiger partial charge in [0.15, 0.2) is 0 Å². The summed E-state index contributed by atoms with van der Waals surface area (Å²) in [6, 6.07) is 7.99. The minimum atomic E-state index is -0.636. The molecule has 1 aliphatic rings. The van der Waals surface area contributed by atoms with E-state index in [-0.39, 0.29) is 29.2 Å². The third kappa shape index (κ3) is 7.79. The number of β-lactam (4-membered cyclic amide) rings is 1. The van der Waals surface area contributed by atoms with Gasteiger partial charge in [0.2, 0.25) is 17.7 Å². The van der Waals surface area contributed by atoms with E-state index in [1.54, 1.807) is 0 Å². The van der Waals surface area contributed by atoms with Crippen molar-refractivity contribution in [2.75, 3.05) is 18.6 Å². The smallest absolute Gasteiger partial charge is 0.234 e. The summed E-state index contributed by atoms with van der Waals surface area (Å²) < 4.78 is 0. The van der Waals surface area contributed by atoms with Gasteiger partial charge in [-0.25, -0.2) is 0 Å². The average molecular weight is 488 g/mol. The van der Waals surface area contributed by atoms with Crippen LogP contribution in [0.3, 0.4) is 0 Å². The first-order valence-electron chi connectivity index (χ1n) is 12.7. The molecule has 0 aromatic heterocycles. The van der Waals surface area contributed by atoms with Crippen molar-refractivity contribution in [1.29, 1.82) is 0 Å². The summed E-state index contributed by atoms with van der Waals surface area (Å²) in [4.78, 5) is 44.3. The van der Waals surface area contributed by atoms with Crippen LogP contribution >= 0.6 is 0 Å². The zero-order chi connectivity index (χ0) is 26.6. The Kier molecular flexibility index (Phi) is 9.15. The minimum absolute atomic E-state index is 0.0353. The van der Waals surface area contributed by atoms with Gasteiger partial charge in [-0.1, -0.05) is 67.5 Å². The van der Waals surface area contributed by atoms with Crippen LogP contribution in [0.25, 0.3) is 0 Å². The molecule has 0 radical (unpaired) electrons. The molecule has 35 heavy (non-hydrogen) atoms. The summed E-state index contributed by atoms with van der Waals surface area (Å²) in [6.45, 7) is 19.2. The normalized spacial score (nSPS) is 15.6. The Labute approximate surface area is 211 Å². The Morgan fingerprint density at radius 1 is 1.00 bits per heavy atom. The van der Waals surface area contributed by atoms with E-state index in [2.05, 4.69) is 38.5 Å². The highest BCUT2D eigenvalue weighted by Gasteiger charge is 2.42. The Bertz CT molecular complexity index is 903. The van der Waals surface area contributed by atoms with Crippen LogP contribution in [-0.4, -0.2) is 41.8 Å². The van der Waals surface area contributed by atoms with E-state index in [1.807, 2.05) is 58.9 Å². The maximum absolute atomic E-state index is 12.8. The molecule has 0 bridgehead atoms. The zero-order valence-corrected chi connectivity index (χ0v) is 23.1. The molecule has 2 rings (SSSR count). The van der Waals surface area contributed by atoms with Crippen LogP contribution in [-0.2, 0) is 24.6 Å². The largest absolute Gasteiger partial charge is 0.355 e. The summed E-state index contributed by atoms with van der Waals surface area (Å²) in [5.41, 5.74) is 3.51. The Balaban J connectivity index is 1.92. The van der Waals surface area contributed by atoms with Gasteiger partial charge in [-0.05, 0) is 48.8 Å². The van der Waals surface area contributed by atoms with Crippen molar-refractivity contribution in [1.82, 2.24) is 10.2 Å². The molecule has 1 aliphatic heterocycles. The lowest BCUT2D eigenvalue weighted by Crippen LogP contribution is -2.53. The third-order valence-electron chi connectivity index (χ3n) is 6.69. The second kappa shape index (κ2) is 11.1. The predicted molar refractivity (Wildman–Crippen MR) is 140 cm³/mol. The van der Waals surface area contributed by atoms with Crippen LogP contribution in [0, 0.1) is 16.7 Å². The van der Waals surface area contributed by atoms with Gasteiger partial charge in [-0.3, -0.25) is 29.6 Å². The number of amides is 3. The van der Waals surface area contributed by atoms with Crippen LogP contribution in [0.5, 0.6) is 0 Å². The van der Waals surface area contributed by atoms with Gasteiger partial charge in [-0.2, -0.15) is 0 Å². The van der Waals surface area contributed by atoms with Crippen LogP contribution in [0.2, 0.25) is 0 Å². The van der Waals surface area contributed by atoms with Crippen molar-refractivity contribution in [3.05, 3.63) is 29.8 Å². The first-order chi connectivity index (χ1) is 16.0. The van der Waals surface area contributed by atoms with Crippen molar-refractivity contribution in [2.24, 2.45) is 16.7 Å². The first kappa shape index (κ1) is 28.8. The summed E-state index contributed by atoms with van der Waals surface area (Å²) in [7, 11) is 0. The molecule has 0 aliphatic carbocycles. The molecule has 1 fully saturated rings. The Morgan fingerprint density at radius 2 is 1.60 bits per heavy atom. The molecular formula is C28H45N3O4. The van der Waals surface area contributed by atoms with Gasteiger partial charge < -0.3 is 5.32 Å². The van der Waals surface area contributed by atoms with Crippen LogP contribution < -0.4 is 10.8 Å². The Hall–Kier alpha value is -2.41. The maximum Gasteiger partial charge on any atom is 0.234 e. The van der Waals surface area contributed by atoms with E-state index in [4.69, 9.17) is 4.84 Å².